The third kappa shape index (κ3) is 4.24. The fourth-order valence-corrected chi connectivity index (χ4v) is 4.24. The van der Waals surface area contributed by atoms with E-state index in [1.807, 2.05) is 20.3 Å². The zero-order chi connectivity index (χ0) is 19.4. The Balaban J connectivity index is 1.73. The number of benzene rings is 1. The predicted octanol–water partition coefficient (Wildman–Crippen LogP) is 3.43. The Morgan fingerprint density at radius 2 is 1.85 bits per heavy atom. The first-order chi connectivity index (χ1) is 12.9. The number of amides is 1. The lowest BCUT2D eigenvalue weighted by molar-refractivity contribution is -0.123. The van der Waals surface area contributed by atoms with Gasteiger partial charge in [-0.2, -0.15) is 5.10 Å². The summed E-state index contributed by atoms with van der Waals surface area (Å²) in [7, 11) is 3.68. The van der Waals surface area contributed by atoms with E-state index in [9.17, 15) is 4.79 Å². The third-order valence-electron chi connectivity index (χ3n) is 5.96. The van der Waals surface area contributed by atoms with Crippen LogP contribution >= 0.6 is 0 Å². The van der Waals surface area contributed by atoms with Crippen LogP contribution in [0.3, 0.4) is 0 Å². The number of likely N-dealkylation sites (N-methyl/N-ethyl adjacent to an activating group) is 1. The first kappa shape index (κ1) is 19.6. The maximum Gasteiger partial charge on any atom is 0.241 e. The van der Waals surface area contributed by atoms with Gasteiger partial charge in [-0.3, -0.25) is 9.48 Å². The van der Waals surface area contributed by atoms with Gasteiger partial charge in [-0.25, -0.2) is 0 Å². The molecule has 2 N–H and O–H groups in total. The van der Waals surface area contributed by atoms with E-state index in [4.69, 9.17) is 0 Å². The van der Waals surface area contributed by atoms with Crippen LogP contribution in [0.15, 0.2) is 36.7 Å². The van der Waals surface area contributed by atoms with Crippen LogP contribution in [0.25, 0.3) is 0 Å². The van der Waals surface area contributed by atoms with Gasteiger partial charge in [0.25, 0.3) is 0 Å². The second-order valence-electron chi connectivity index (χ2n) is 8.15. The highest BCUT2D eigenvalue weighted by atomic mass is 16.2. The molecule has 1 aromatic carbocycles. The number of carbonyl (C=O) groups is 1. The van der Waals surface area contributed by atoms with Crippen LogP contribution in [0.5, 0.6) is 0 Å². The molecule has 1 unspecified atom stereocenters. The molecule has 3 rings (SSSR count). The van der Waals surface area contributed by atoms with Gasteiger partial charge in [0.05, 0.1) is 6.20 Å². The molecule has 0 saturated heterocycles. The van der Waals surface area contributed by atoms with E-state index >= 15 is 0 Å². The fourth-order valence-electron chi connectivity index (χ4n) is 4.24. The zero-order valence-electron chi connectivity index (χ0n) is 17.0. The Kier molecular flexibility index (Phi) is 6.00. The van der Waals surface area contributed by atoms with Gasteiger partial charge >= 0.3 is 0 Å². The van der Waals surface area contributed by atoms with Gasteiger partial charge in [0.2, 0.25) is 5.91 Å². The Morgan fingerprint density at radius 1 is 1.19 bits per heavy atom. The summed E-state index contributed by atoms with van der Waals surface area (Å²) in [6.45, 7) is 5.12. The van der Waals surface area contributed by atoms with Gasteiger partial charge in [0.15, 0.2) is 0 Å². The Bertz CT molecular complexity index is 757. The second-order valence-corrected chi connectivity index (χ2v) is 8.15. The molecule has 146 valence electrons. The van der Waals surface area contributed by atoms with E-state index in [0.717, 1.165) is 18.4 Å². The maximum absolute atomic E-state index is 12.8. The highest BCUT2D eigenvalue weighted by molar-refractivity contribution is 5.83. The summed E-state index contributed by atoms with van der Waals surface area (Å²) in [6, 6.07) is 8.65. The quantitative estimate of drug-likeness (QED) is 0.787. The van der Waals surface area contributed by atoms with Crippen LogP contribution in [-0.2, 0) is 17.3 Å². The number of nitrogens with zero attached hydrogens (tertiary/aromatic N) is 2. The van der Waals surface area contributed by atoms with Crippen molar-refractivity contribution in [3.8, 4) is 0 Å². The Hall–Kier alpha value is -2.14. The summed E-state index contributed by atoms with van der Waals surface area (Å²) in [5.41, 5.74) is 3.66. The van der Waals surface area contributed by atoms with Gasteiger partial charge in [-0.05, 0) is 36.9 Å². The van der Waals surface area contributed by atoms with Gasteiger partial charge in [0.1, 0.15) is 6.04 Å². The molecule has 1 atom stereocenters. The normalized spacial score (nSPS) is 17.2. The van der Waals surface area contributed by atoms with Crippen molar-refractivity contribution in [2.75, 3.05) is 13.6 Å². The van der Waals surface area contributed by atoms with Crippen molar-refractivity contribution < 1.29 is 4.79 Å². The molecule has 1 aromatic heterocycles. The molecule has 0 spiro atoms. The minimum absolute atomic E-state index is 0.00979. The van der Waals surface area contributed by atoms with Crippen LogP contribution < -0.4 is 10.6 Å². The smallest absolute Gasteiger partial charge is 0.241 e. The number of hydrogen-bond acceptors (Lipinski definition) is 3. The molecule has 1 amide bonds. The lowest BCUT2D eigenvalue weighted by Crippen LogP contribution is -2.43. The number of hydrogen-bond donors (Lipinski definition) is 2. The van der Waals surface area contributed by atoms with E-state index in [2.05, 4.69) is 53.8 Å². The molecule has 1 aliphatic carbocycles. The van der Waals surface area contributed by atoms with E-state index in [-0.39, 0.29) is 17.4 Å². The first-order valence-electron chi connectivity index (χ1n) is 9.99. The van der Waals surface area contributed by atoms with Gasteiger partial charge in [-0.1, -0.05) is 51.0 Å². The average Bonchev–Trinajstić information content (AvgIpc) is 3.31. The van der Waals surface area contributed by atoms with Crippen molar-refractivity contribution in [3.63, 3.8) is 0 Å². The van der Waals surface area contributed by atoms with Crippen molar-refractivity contribution >= 4 is 5.91 Å². The van der Waals surface area contributed by atoms with Gasteiger partial charge in [0, 0.05) is 30.8 Å². The lowest BCUT2D eigenvalue weighted by atomic mass is 9.78. The van der Waals surface area contributed by atoms with Crippen LogP contribution in [-0.4, -0.2) is 29.3 Å². The molecule has 27 heavy (non-hydrogen) atoms. The summed E-state index contributed by atoms with van der Waals surface area (Å²) in [6.07, 6.45) is 8.34. The number of aryl methyl sites for hydroxylation is 1. The SMILES string of the molecule is CNC(C(=O)NCC1(c2ccc(C(C)C)cc2)CCCC1)c1cnn(C)c1. The van der Waals surface area contributed by atoms with Gasteiger partial charge < -0.3 is 10.6 Å². The Morgan fingerprint density at radius 3 is 2.37 bits per heavy atom. The molecular weight excluding hydrogens is 336 g/mol. The summed E-state index contributed by atoms with van der Waals surface area (Å²) in [4.78, 5) is 12.8. The van der Waals surface area contributed by atoms with Crippen LogP contribution in [0.1, 0.15) is 68.2 Å². The molecule has 1 saturated carbocycles. The topological polar surface area (TPSA) is 59.0 Å². The monoisotopic (exact) mass is 368 g/mol. The van der Waals surface area contributed by atoms with Crippen molar-refractivity contribution in [1.82, 2.24) is 20.4 Å². The molecule has 0 radical (unpaired) electrons. The number of rotatable bonds is 7. The van der Waals surface area contributed by atoms with Crippen molar-refractivity contribution in [1.29, 1.82) is 0 Å². The van der Waals surface area contributed by atoms with E-state index in [1.54, 1.807) is 10.9 Å². The second kappa shape index (κ2) is 8.26. The highest BCUT2D eigenvalue weighted by Gasteiger charge is 2.36. The molecule has 0 aliphatic heterocycles. The van der Waals surface area contributed by atoms with Crippen molar-refractivity contribution in [3.05, 3.63) is 53.3 Å². The summed E-state index contributed by atoms with van der Waals surface area (Å²) < 4.78 is 1.72. The zero-order valence-corrected chi connectivity index (χ0v) is 17.0. The molecule has 5 heteroatoms. The van der Waals surface area contributed by atoms with E-state index < -0.39 is 0 Å². The Labute approximate surface area is 162 Å². The summed E-state index contributed by atoms with van der Waals surface area (Å²) in [5, 5.41) is 10.5. The molecule has 1 aliphatic rings. The molecule has 5 nitrogen and oxygen atoms in total. The van der Waals surface area contributed by atoms with Crippen LogP contribution in [0.4, 0.5) is 0 Å². The maximum atomic E-state index is 12.8. The lowest BCUT2D eigenvalue weighted by Gasteiger charge is -2.31. The molecule has 0 bridgehead atoms. The van der Waals surface area contributed by atoms with Crippen LogP contribution in [0, 0.1) is 0 Å². The van der Waals surface area contributed by atoms with E-state index in [1.165, 1.54) is 24.0 Å². The summed E-state index contributed by atoms with van der Waals surface area (Å²) >= 11 is 0. The third-order valence-corrected chi connectivity index (χ3v) is 5.96. The first-order valence-corrected chi connectivity index (χ1v) is 9.99. The highest BCUT2D eigenvalue weighted by Crippen LogP contribution is 2.41. The number of carbonyl (C=O) groups excluding carboxylic acids is 1. The molecular formula is C22H32N4O. The molecule has 1 fully saturated rings. The van der Waals surface area contributed by atoms with Crippen LogP contribution in [0.2, 0.25) is 0 Å². The standard InChI is InChI=1S/C22H32N4O/c1-16(2)17-7-9-19(10-8-17)22(11-5-6-12-22)15-24-21(27)20(23-3)18-13-25-26(4)14-18/h7-10,13-14,16,20,23H,5-6,11-12,15H2,1-4H3,(H,24,27). The minimum atomic E-state index is -0.375. The molecule has 1 heterocycles. The fraction of sp³-hybridized carbons (Fsp3) is 0.545. The van der Waals surface area contributed by atoms with Crippen molar-refractivity contribution in [2.24, 2.45) is 7.05 Å². The van der Waals surface area contributed by atoms with E-state index in [0.29, 0.717) is 12.5 Å². The molecule has 2 aromatic rings. The average molecular weight is 369 g/mol. The summed E-state index contributed by atoms with van der Waals surface area (Å²) in [5.74, 6) is 0.546. The largest absolute Gasteiger partial charge is 0.354 e. The van der Waals surface area contributed by atoms with Crippen molar-refractivity contribution in [2.45, 2.75) is 56.9 Å². The van der Waals surface area contributed by atoms with Gasteiger partial charge in [-0.15, -0.1) is 0 Å². The number of nitrogens with one attached hydrogen (secondary N) is 2. The minimum Gasteiger partial charge on any atom is -0.354 e. The number of aromatic nitrogens is 2. The predicted molar refractivity (Wildman–Crippen MR) is 109 cm³/mol.